The Kier molecular flexibility index (Phi) is 5.22. The largest absolute Gasteiger partial charge is 0.481 e. The van der Waals surface area contributed by atoms with E-state index in [9.17, 15) is 18.0 Å². The molecule has 0 spiro atoms. The van der Waals surface area contributed by atoms with E-state index in [1.165, 1.54) is 26.2 Å². The molecule has 0 aliphatic heterocycles. The van der Waals surface area contributed by atoms with Gasteiger partial charge in [0.05, 0.1) is 6.42 Å². The van der Waals surface area contributed by atoms with Crippen LogP contribution >= 0.6 is 0 Å². The lowest BCUT2D eigenvalue weighted by atomic mass is 10.2. The van der Waals surface area contributed by atoms with Gasteiger partial charge in [0.1, 0.15) is 16.8 Å². The molecule has 0 aliphatic carbocycles. The third-order valence-electron chi connectivity index (χ3n) is 2.51. The minimum absolute atomic E-state index is 0.0526. The molecule has 9 nitrogen and oxygen atoms in total. The number of anilines is 1. The molecule has 0 saturated carbocycles. The number of pyridine rings is 1. The van der Waals surface area contributed by atoms with Crippen LogP contribution in [0.5, 0.6) is 0 Å². The summed E-state index contributed by atoms with van der Waals surface area (Å²) in [6, 6.07) is 1.17. The number of hydrogen-bond donors (Lipinski definition) is 3. The van der Waals surface area contributed by atoms with Crippen LogP contribution in [-0.4, -0.2) is 60.0 Å². The molecule has 1 atom stereocenters. The number of aromatic nitrogens is 1. The van der Waals surface area contributed by atoms with Crippen molar-refractivity contribution in [2.45, 2.75) is 17.4 Å². The average Bonchev–Trinajstić information content (AvgIpc) is 2.37. The predicted octanol–water partition coefficient (Wildman–Crippen LogP) is -0.328. The maximum atomic E-state index is 11.8. The van der Waals surface area contributed by atoms with Crippen LogP contribution in [0.4, 0.5) is 5.82 Å². The second kappa shape index (κ2) is 6.50. The van der Waals surface area contributed by atoms with Gasteiger partial charge in [0.25, 0.3) is 0 Å². The van der Waals surface area contributed by atoms with Crippen LogP contribution in [0.25, 0.3) is 0 Å². The van der Waals surface area contributed by atoms with E-state index in [0.29, 0.717) is 0 Å². The van der Waals surface area contributed by atoms with Gasteiger partial charge < -0.3 is 15.5 Å². The number of rotatable bonds is 7. The molecule has 21 heavy (non-hydrogen) atoms. The van der Waals surface area contributed by atoms with Gasteiger partial charge in [0.15, 0.2) is 0 Å². The van der Waals surface area contributed by atoms with Gasteiger partial charge >= 0.3 is 11.9 Å². The summed E-state index contributed by atoms with van der Waals surface area (Å²) in [6.07, 6.45) is 0.437. The van der Waals surface area contributed by atoms with Gasteiger partial charge in [-0.25, -0.2) is 22.5 Å². The highest BCUT2D eigenvalue weighted by atomic mass is 32.2. The Balaban J connectivity index is 2.92. The fourth-order valence-corrected chi connectivity index (χ4v) is 2.23. The van der Waals surface area contributed by atoms with Gasteiger partial charge in [-0.1, -0.05) is 0 Å². The average molecular weight is 317 g/mol. The molecule has 0 aromatic carbocycles. The standard InChI is InChI=1S/C11H15N3O6S/c1-14(2)21(19,20)7-3-4-9(12-6-7)13-8(11(17)18)5-10(15)16/h3-4,6,8H,5H2,1-2H3,(H,12,13)(H,15,16)(H,17,18). The highest BCUT2D eigenvalue weighted by Gasteiger charge is 2.22. The molecular weight excluding hydrogens is 302 g/mol. The molecule has 1 aromatic heterocycles. The Morgan fingerprint density at radius 3 is 2.33 bits per heavy atom. The third kappa shape index (κ3) is 4.39. The molecule has 1 unspecified atom stereocenters. The lowest BCUT2D eigenvalue weighted by Crippen LogP contribution is -2.32. The van der Waals surface area contributed by atoms with Crippen molar-refractivity contribution in [1.29, 1.82) is 0 Å². The van der Waals surface area contributed by atoms with Crippen molar-refractivity contribution in [3.05, 3.63) is 18.3 Å². The molecule has 116 valence electrons. The first-order chi connectivity index (χ1) is 9.64. The molecule has 0 bridgehead atoms. The van der Waals surface area contributed by atoms with Gasteiger partial charge in [-0.15, -0.1) is 0 Å². The predicted molar refractivity (Wildman–Crippen MR) is 72.4 cm³/mol. The monoisotopic (exact) mass is 317 g/mol. The quantitative estimate of drug-likeness (QED) is 0.622. The van der Waals surface area contributed by atoms with Crippen LogP contribution in [0, 0.1) is 0 Å². The van der Waals surface area contributed by atoms with Crippen LogP contribution in [-0.2, 0) is 19.6 Å². The molecule has 1 rings (SSSR count). The van der Waals surface area contributed by atoms with Crippen molar-refractivity contribution < 1.29 is 28.2 Å². The molecule has 0 amide bonds. The highest BCUT2D eigenvalue weighted by Crippen LogP contribution is 2.14. The summed E-state index contributed by atoms with van der Waals surface area (Å²) in [5.41, 5.74) is 0. The molecule has 0 saturated heterocycles. The number of hydrogen-bond acceptors (Lipinski definition) is 6. The number of nitrogens with one attached hydrogen (secondary N) is 1. The molecule has 0 fully saturated rings. The summed E-state index contributed by atoms with van der Waals surface area (Å²) in [5, 5.41) is 19.9. The summed E-state index contributed by atoms with van der Waals surface area (Å²) >= 11 is 0. The van der Waals surface area contributed by atoms with E-state index in [-0.39, 0.29) is 10.7 Å². The zero-order chi connectivity index (χ0) is 16.2. The van der Waals surface area contributed by atoms with Crippen molar-refractivity contribution in [1.82, 2.24) is 9.29 Å². The minimum Gasteiger partial charge on any atom is -0.481 e. The number of sulfonamides is 1. The van der Waals surface area contributed by atoms with Gasteiger partial charge in [-0.3, -0.25) is 4.79 Å². The molecule has 1 aromatic rings. The number of nitrogens with zero attached hydrogens (tertiary/aromatic N) is 2. The Hall–Kier alpha value is -2.20. The summed E-state index contributed by atoms with van der Waals surface area (Å²) in [6.45, 7) is 0. The molecule has 0 radical (unpaired) electrons. The fraction of sp³-hybridized carbons (Fsp3) is 0.364. The summed E-state index contributed by atoms with van der Waals surface area (Å²) in [7, 11) is -0.885. The van der Waals surface area contributed by atoms with Crippen LogP contribution in [0.2, 0.25) is 0 Å². The zero-order valence-electron chi connectivity index (χ0n) is 11.3. The first kappa shape index (κ1) is 16.9. The second-order valence-corrected chi connectivity index (χ2v) is 6.45. The van der Waals surface area contributed by atoms with E-state index in [0.717, 1.165) is 10.5 Å². The van der Waals surface area contributed by atoms with Crippen LogP contribution in [0.3, 0.4) is 0 Å². The maximum Gasteiger partial charge on any atom is 0.326 e. The van der Waals surface area contributed by atoms with E-state index in [2.05, 4.69) is 10.3 Å². The Morgan fingerprint density at radius 2 is 1.95 bits per heavy atom. The first-order valence-electron chi connectivity index (χ1n) is 5.74. The summed E-state index contributed by atoms with van der Waals surface area (Å²) in [5.74, 6) is -2.55. The molecular formula is C11H15N3O6S. The van der Waals surface area contributed by atoms with Crippen LogP contribution < -0.4 is 5.32 Å². The van der Waals surface area contributed by atoms with Crippen molar-refractivity contribution in [2.75, 3.05) is 19.4 Å². The Morgan fingerprint density at radius 1 is 1.33 bits per heavy atom. The number of aliphatic carboxylic acids is 2. The second-order valence-electron chi connectivity index (χ2n) is 4.30. The van der Waals surface area contributed by atoms with E-state index in [4.69, 9.17) is 10.2 Å². The topological polar surface area (TPSA) is 137 Å². The summed E-state index contributed by atoms with van der Waals surface area (Å²) < 4.78 is 24.6. The SMILES string of the molecule is CN(C)S(=O)(=O)c1ccc(NC(CC(=O)O)C(=O)O)nc1. The van der Waals surface area contributed by atoms with Gasteiger partial charge in [0.2, 0.25) is 10.0 Å². The van der Waals surface area contributed by atoms with E-state index in [1.807, 2.05) is 0 Å². The van der Waals surface area contributed by atoms with E-state index >= 15 is 0 Å². The maximum absolute atomic E-state index is 11.8. The molecule has 3 N–H and O–H groups in total. The van der Waals surface area contributed by atoms with E-state index < -0.39 is 34.4 Å². The normalized spacial score (nSPS) is 12.9. The number of carbonyl (C=O) groups is 2. The van der Waals surface area contributed by atoms with Crippen molar-refractivity contribution >= 4 is 27.8 Å². The Bertz CT molecular complexity index is 626. The lowest BCUT2D eigenvalue weighted by molar-refractivity contribution is -0.144. The van der Waals surface area contributed by atoms with E-state index in [1.54, 1.807) is 0 Å². The van der Waals surface area contributed by atoms with Gasteiger partial charge in [-0.05, 0) is 12.1 Å². The number of carboxylic acid groups (broad SMARTS) is 2. The molecule has 0 aliphatic rings. The van der Waals surface area contributed by atoms with Crippen molar-refractivity contribution in [3.63, 3.8) is 0 Å². The van der Waals surface area contributed by atoms with Gasteiger partial charge in [0, 0.05) is 20.3 Å². The molecule has 1 heterocycles. The smallest absolute Gasteiger partial charge is 0.326 e. The zero-order valence-corrected chi connectivity index (χ0v) is 12.2. The minimum atomic E-state index is -3.62. The van der Waals surface area contributed by atoms with Crippen LogP contribution in [0.15, 0.2) is 23.2 Å². The highest BCUT2D eigenvalue weighted by molar-refractivity contribution is 7.89. The van der Waals surface area contributed by atoms with Crippen molar-refractivity contribution in [3.8, 4) is 0 Å². The first-order valence-corrected chi connectivity index (χ1v) is 7.18. The van der Waals surface area contributed by atoms with Gasteiger partial charge in [-0.2, -0.15) is 0 Å². The molecule has 10 heteroatoms. The Labute approximate surface area is 121 Å². The van der Waals surface area contributed by atoms with Crippen molar-refractivity contribution in [2.24, 2.45) is 0 Å². The fourth-order valence-electron chi connectivity index (χ4n) is 1.38. The lowest BCUT2D eigenvalue weighted by Gasteiger charge is -2.14. The third-order valence-corrected chi connectivity index (χ3v) is 4.31. The van der Waals surface area contributed by atoms with Crippen LogP contribution in [0.1, 0.15) is 6.42 Å². The number of carboxylic acids is 2. The summed E-state index contributed by atoms with van der Waals surface area (Å²) in [4.78, 5) is 25.2.